The summed E-state index contributed by atoms with van der Waals surface area (Å²) >= 11 is 0. The maximum Gasteiger partial charge on any atom is 0.329 e. The predicted octanol–water partition coefficient (Wildman–Crippen LogP) is 2.24. The Hall–Kier alpha value is -2.37. The van der Waals surface area contributed by atoms with Gasteiger partial charge in [0.15, 0.2) is 0 Å². The third-order valence-electron chi connectivity index (χ3n) is 4.16. The van der Waals surface area contributed by atoms with Crippen LogP contribution in [0.15, 0.2) is 24.3 Å². The lowest BCUT2D eigenvalue weighted by Gasteiger charge is -2.31. The fourth-order valence-corrected chi connectivity index (χ4v) is 2.14. The number of nitrogens with zero attached hydrogens (tertiary/aromatic N) is 2. The van der Waals surface area contributed by atoms with Gasteiger partial charge in [0.2, 0.25) is 5.91 Å². The molecule has 0 saturated carbocycles. The number of aliphatic carboxylic acids is 1. The largest absolute Gasteiger partial charge is 0.480 e. The minimum Gasteiger partial charge on any atom is -0.480 e. The quantitative estimate of drug-likeness (QED) is 0.865. The molecule has 24 heavy (non-hydrogen) atoms. The van der Waals surface area contributed by atoms with Crippen molar-refractivity contribution in [2.24, 2.45) is 5.92 Å². The van der Waals surface area contributed by atoms with Gasteiger partial charge in [-0.3, -0.25) is 9.59 Å². The van der Waals surface area contributed by atoms with Crippen LogP contribution in [0.25, 0.3) is 0 Å². The van der Waals surface area contributed by atoms with E-state index in [0.717, 1.165) is 5.56 Å². The lowest BCUT2D eigenvalue weighted by Crippen LogP contribution is -2.50. The Bertz CT molecular complexity index is 620. The molecule has 0 unspecified atom stereocenters. The Morgan fingerprint density at radius 2 is 1.58 bits per heavy atom. The third-order valence-corrected chi connectivity index (χ3v) is 4.16. The Morgan fingerprint density at radius 1 is 1.08 bits per heavy atom. The van der Waals surface area contributed by atoms with E-state index < -0.39 is 11.5 Å². The number of carboxylic acids is 1. The summed E-state index contributed by atoms with van der Waals surface area (Å²) in [6, 6.07) is 6.86. The highest BCUT2D eigenvalue weighted by Gasteiger charge is 2.35. The standard InChI is InChI=1S/C18H26N2O4/c1-12(2)15(21)19(5)11-13-7-9-14(10-8-13)16(22)20(6)18(3,4)17(23)24/h7-10,12H,11H2,1-6H3,(H,23,24). The average Bonchev–Trinajstić information content (AvgIpc) is 2.52. The maximum atomic E-state index is 12.4. The second kappa shape index (κ2) is 7.47. The van der Waals surface area contributed by atoms with Crippen LogP contribution >= 0.6 is 0 Å². The van der Waals surface area contributed by atoms with Crippen LogP contribution in [0.4, 0.5) is 0 Å². The van der Waals surface area contributed by atoms with Gasteiger partial charge < -0.3 is 14.9 Å². The zero-order valence-corrected chi connectivity index (χ0v) is 15.2. The van der Waals surface area contributed by atoms with E-state index in [0.29, 0.717) is 12.1 Å². The van der Waals surface area contributed by atoms with E-state index in [2.05, 4.69) is 0 Å². The predicted molar refractivity (Wildman–Crippen MR) is 91.6 cm³/mol. The Morgan fingerprint density at radius 3 is 2.00 bits per heavy atom. The molecule has 0 radical (unpaired) electrons. The van der Waals surface area contributed by atoms with E-state index >= 15 is 0 Å². The number of carboxylic acid groups (broad SMARTS) is 1. The topological polar surface area (TPSA) is 77.9 Å². The molecule has 0 aromatic heterocycles. The molecular weight excluding hydrogens is 308 g/mol. The second-order valence-corrected chi connectivity index (χ2v) is 6.77. The minimum atomic E-state index is -1.29. The Labute approximate surface area is 143 Å². The number of rotatable bonds is 6. The fraction of sp³-hybridized carbons (Fsp3) is 0.500. The molecule has 0 atom stereocenters. The van der Waals surface area contributed by atoms with Gasteiger partial charge in [-0.05, 0) is 31.5 Å². The number of hydrogen-bond acceptors (Lipinski definition) is 3. The highest BCUT2D eigenvalue weighted by Crippen LogP contribution is 2.17. The summed E-state index contributed by atoms with van der Waals surface area (Å²) in [5, 5.41) is 9.22. The van der Waals surface area contributed by atoms with Crippen LogP contribution < -0.4 is 0 Å². The molecule has 0 bridgehead atoms. The molecule has 2 amide bonds. The molecule has 0 aliphatic carbocycles. The van der Waals surface area contributed by atoms with E-state index in [1.54, 1.807) is 36.2 Å². The summed E-state index contributed by atoms with van der Waals surface area (Å²) in [5.41, 5.74) is 0.0243. The van der Waals surface area contributed by atoms with Gasteiger partial charge in [0, 0.05) is 32.1 Å². The molecule has 1 rings (SSSR count). The van der Waals surface area contributed by atoms with Crippen molar-refractivity contribution >= 4 is 17.8 Å². The summed E-state index contributed by atoms with van der Waals surface area (Å²) in [7, 11) is 3.21. The summed E-state index contributed by atoms with van der Waals surface area (Å²) in [6.07, 6.45) is 0. The van der Waals surface area contributed by atoms with Crippen LogP contribution in [-0.4, -0.2) is 52.3 Å². The first-order chi connectivity index (χ1) is 11.0. The lowest BCUT2D eigenvalue weighted by molar-refractivity contribution is -0.147. The fourth-order valence-electron chi connectivity index (χ4n) is 2.14. The van der Waals surface area contributed by atoms with Crippen LogP contribution in [-0.2, 0) is 16.1 Å². The summed E-state index contributed by atoms with van der Waals surface area (Å²) < 4.78 is 0. The maximum absolute atomic E-state index is 12.4. The molecule has 1 N–H and O–H groups in total. The van der Waals surface area contributed by atoms with Crippen molar-refractivity contribution in [3.63, 3.8) is 0 Å². The lowest BCUT2D eigenvalue weighted by atomic mass is 10.0. The van der Waals surface area contributed by atoms with Gasteiger partial charge in [-0.2, -0.15) is 0 Å². The van der Waals surface area contributed by atoms with Gasteiger partial charge >= 0.3 is 5.97 Å². The summed E-state index contributed by atoms with van der Waals surface area (Å²) in [5.74, 6) is -1.44. The molecule has 1 aromatic carbocycles. The molecule has 0 fully saturated rings. The molecule has 0 aliphatic rings. The first-order valence-corrected chi connectivity index (χ1v) is 7.84. The molecule has 1 aromatic rings. The van der Waals surface area contributed by atoms with Gasteiger partial charge in [-0.1, -0.05) is 26.0 Å². The molecule has 0 heterocycles. The number of benzene rings is 1. The van der Waals surface area contributed by atoms with Crippen LogP contribution in [0.1, 0.15) is 43.6 Å². The number of likely N-dealkylation sites (N-methyl/N-ethyl adjacent to an activating group) is 1. The van der Waals surface area contributed by atoms with Crippen molar-refractivity contribution in [3.8, 4) is 0 Å². The smallest absolute Gasteiger partial charge is 0.329 e. The highest BCUT2D eigenvalue weighted by atomic mass is 16.4. The second-order valence-electron chi connectivity index (χ2n) is 6.77. The molecule has 132 valence electrons. The van der Waals surface area contributed by atoms with Gasteiger partial charge in [-0.15, -0.1) is 0 Å². The molecule has 0 spiro atoms. The molecule has 0 saturated heterocycles. The summed E-state index contributed by atoms with van der Waals surface area (Å²) in [4.78, 5) is 38.4. The van der Waals surface area contributed by atoms with E-state index in [4.69, 9.17) is 0 Å². The molecule has 6 nitrogen and oxygen atoms in total. The van der Waals surface area contributed by atoms with E-state index in [-0.39, 0.29) is 17.7 Å². The van der Waals surface area contributed by atoms with Crippen molar-refractivity contribution < 1.29 is 19.5 Å². The van der Waals surface area contributed by atoms with E-state index in [1.807, 2.05) is 13.8 Å². The van der Waals surface area contributed by atoms with Crippen LogP contribution in [0.5, 0.6) is 0 Å². The van der Waals surface area contributed by atoms with Crippen molar-refractivity contribution in [2.75, 3.05) is 14.1 Å². The van der Waals surface area contributed by atoms with E-state index in [1.165, 1.54) is 25.8 Å². The van der Waals surface area contributed by atoms with Crippen molar-refractivity contribution in [1.82, 2.24) is 9.80 Å². The number of carbonyl (C=O) groups excluding carboxylic acids is 2. The zero-order chi connectivity index (χ0) is 18.7. The monoisotopic (exact) mass is 334 g/mol. The SMILES string of the molecule is CC(C)C(=O)N(C)Cc1ccc(C(=O)N(C)C(C)(C)C(=O)O)cc1. The van der Waals surface area contributed by atoms with Crippen LogP contribution in [0, 0.1) is 5.92 Å². The zero-order valence-electron chi connectivity index (χ0n) is 15.2. The van der Waals surface area contributed by atoms with Gasteiger partial charge in [0.1, 0.15) is 5.54 Å². The highest BCUT2D eigenvalue weighted by molar-refractivity contribution is 5.97. The number of carbonyl (C=O) groups is 3. The van der Waals surface area contributed by atoms with Crippen molar-refractivity contribution in [2.45, 2.75) is 39.8 Å². The first kappa shape index (κ1) is 19.7. The summed E-state index contributed by atoms with van der Waals surface area (Å²) in [6.45, 7) is 7.12. The van der Waals surface area contributed by atoms with Crippen molar-refractivity contribution in [1.29, 1.82) is 0 Å². The molecule has 0 aliphatic heterocycles. The van der Waals surface area contributed by atoms with Gasteiger partial charge in [-0.25, -0.2) is 4.79 Å². The Kier molecular flexibility index (Phi) is 6.12. The molecule has 6 heteroatoms. The third kappa shape index (κ3) is 4.34. The first-order valence-electron chi connectivity index (χ1n) is 7.84. The molecular formula is C18H26N2O4. The van der Waals surface area contributed by atoms with Crippen LogP contribution in [0.2, 0.25) is 0 Å². The van der Waals surface area contributed by atoms with Gasteiger partial charge in [0.05, 0.1) is 0 Å². The number of hydrogen-bond donors (Lipinski definition) is 1. The van der Waals surface area contributed by atoms with E-state index in [9.17, 15) is 19.5 Å². The minimum absolute atomic E-state index is 0.0538. The number of amides is 2. The van der Waals surface area contributed by atoms with Crippen LogP contribution in [0.3, 0.4) is 0 Å². The van der Waals surface area contributed by atoms with Crippen molar-refractivity contribution in [3.05, 3.63) is 35.4 Å². The Balaban J connectivity index is 2.86. The average molecular weight is 334 g/mol. The normalized spacial score (nSPS) is 11.3. The van der Waals surface area contributed by atoms with Gasteiger partial charge in [0.25, 0.3) is 5.91 Å².